The number of benzene rings is 1. The normalized spacial score (nSPS) is 20.4. The number of rotatable bonds is 1. The van der Waals surface area contributed by atoms with E-state index in [9.17, 15) is 0 Å². The van der Waals surface area contributed by atoms with Crippen LogP contribution < -0.4 is 0 Å². The van der Waals surface area contributed by atoms with Crippen molar-refractivity contribution in [1.82, 2.24) is 4.90 Å². The largest absolute Gasteiger partial charge is 0.310 e. The van der Waals surface area contributed by atoms with E-state index in [2.05, 4.69) is 45.8 Å². The molecule has 0 saturated carbocycles. The molecule has 4 heteroatoms. The van der Waals surface area contributed by atoms with Gasteiger partial charge in [0, 0.05) is 23.4 Å². The lowest BCUT2D eigenvalue weighted by atomic mass is 10.0. The van der Waals surface area contributed by atoms with E-state index in [0.717, 1.165) is 29.5 Å². The fraction of sp³-hybridized carbons (Fsp3) is 0.375. The van der Waals surface area contributed by atoms with Gasteiger partial charge in [-0.05, 0) is 37.1 Å². The van der Waals surface area contributed by atoms with Gasteiger partial charge in [0.05, 0.1) is 6.04 Å². The van der Waals surface area contributed by atoms with Gasteiger partial charge in [-0.1, -0.05) is 26.0 Å². The summed E-state index contributed by atoms with van der Waals surface area (Å²) in [5, 5.41) is 0. The summed E-state index contributed by atoms with van der Waals surface area (Å²) in [5.41, 5.74) is 2.28. The van der Waals surface area contributed by atoms with Crippen LogP contribution in [0.25, 0.3) is 0 Å². The first kappa shape index (κ1) is 14.9. The summed E-state index contributed by atoms with van der Waals surface area (Å²) < 4.78 is 0. The average Bonchev–Trinajstić information content (AvgIpc) is 2.48. The fourth-order valence-electron chi connectivity index (χ4n) is 2.35. The zero-order valence-corrected chi connectivity index (χ0v) is 13.1. The number of aliphatic imine (C=N–C) groups is 2. The minimum Gasteiger partial charge on any atom is -0.310 e. The molecule has 0 amide bonds. The lowest BCUT2D eigenvalue weighted by molar-refractivity contribution is 0.366. The molecule has 0 aromatic heterocycles. The maximum absolute atomic E-state index is 4.49. The first-order chi connectivity index (χ1) is 9.74. The predicted octanol–water partition coefficient (Wildman–Crippen LogP) is 4.09. The Bertz CT molecular complexity index is 561. The molecule has 2 aliphatic heterocycles. The third kappa shape index (κ3) is 3.12. The highest BCUT2D eigenvalue weighted by molar-refractivity contribution is 7.80. The van der Waals surface area contributed by atoms with Gasteiger partial charge in [0.15, 0.2) is 0 Å². The Morgan fingerprint density at radius 3 is 2.85 bits per heavy atom. The molecule has 0 fully saturated rings. The van der Waals surface area contributed by atoms with Crippen LogP contribution in [0.1, 0.15) is 38.8 Å². The maximum atomic E-state index is 4.49. The molecule has 0 N–H and O–H groups in total. The number of hydrogen-bond donors (Lipinski definition) is 1. The highest BCUT2D eigenvalue weighted by Gasteiger charge is 2.26. The standard InChI is InChI=1S/C14H15N3S.C2H6/c1-10-6-8-17-13(5-7-15-14(17)16-10)11-3-2-4-12(18)9-11;1-2/h2-4,6,8-9,13,18H,5,7H2,1H3;1-2H3. The Balaban J connectivity index is 0.000000704. The zero-order valence-electron chi connectivity index (χ0n) is 12.2. The quantitative estimate of drug-likeness (QED) is 0.774. The van der Waals surface area contributed by atoms with E-state index >= 15 is 0 Å². The van der Waals surface area contributed by atoms with Gasteiger partial charge >= 0.3 is 0 Å². The van der Waals surface area contributed by atoms with Gasteiger partial charge < -0.3 is 4.90 Å². The number of guanidine groups is 1. The molecule has 0 aliphatic carbocycles. The van der Waals surface area contributed by atoms with Crippen LogP contribution in [0.15, 0.2) is 51.4 Å². The minimum atomic E-state index is 0.317. The SMILES string of the molecule is CC.CC1=NC2=NCCC(c3cccc(S)c3)N2C=C1. The zero-order chi connectivity index (χ0) is 14.5. The van der Waals surface area contributed by atoms with Crippen molar-refractivity contribution in [1.29, 1.82) is 0 Å². The van der Waals surface area contributed by atoms with Crippen molar-refractivity contribution in [3.05, 3.63) is 42.1 Å². The Kier molecular flexibility index (Phi) is 5.01. The maximum Gasteiger partial charge on any atom is 0.225 e. The third-order valence-corrected chi connectivity index (χ3v) is 3.51. The molecule has 1 aromatic carbocycles. The van der Waals surface area contributed by atoms with E-state index < -0.39 is 0 Å². The van der Waals surface area contributed by atoms with Gasteiger partial charge in [0.25, 0.3) is 0 Å². The second-order valence-corrected chi connectivity index (χ2v) is 5.07. The highest BCUT2D eigenvalue weighted by Crippen LogP contribution is 2.30. The van der Waals surface area contributed by atoms with Crippen molar-refractivity contribution < 1.29 is 0 Å². The van der Waals surface area contributed by atoms with E-state index in [1.54, 1.807) is 0 Å². The van der Waals surface area contributed by atoms with Crippen molar-refractivity contribution in [2.24, 2.45) is 9.98 Å². The van der Waals surface area contributed by atoms with E-state index in [1.807, 2.05) is 39.0 Å². The van der Waals surface area contributed by atoms with Crippen molar-refractivity contribution in [2.45, 2.75) is 38.1 Å². The second-order valence-electron chi connectivity index (χ2n) is 4.56. The van der Waals surface area contributed by atoms with Crippen molar-refractivity contribution >= 4 is 24.3 Å². The van der Waals surface area contributed by atoms with Gasteiger partial charge in [-0.15, -0.1) is 12.6 Å². The number of allylic oxidation sites excluding steroid dienone is 1. The third-order valence-electron chi connectivity index (χ3n) is 3.23. The van der Waals surface area contributed by atoms with E-state index in [-0.39, 0.29) is 0 Å². The summed E-state index contributed by atoms with van der Waals surface area (Å²) in [6, 6.07) is 8.63. The molecular formula is C16H21N3S. The average molecular weight is 287 g/mol. The van der Waals surface area contributed by atoms with Crippen molar-refractivity contribution in [2.75, 3.05) is 6.54 Å². The molecule has 20 heavy (non-hydrogen) atoms. The number of hydrogen-bond acceptors (Lipinski definition) is 4. The molecular weight excluding hydrogens is 266 g/mol. The molecule has 0 bridgehead atoms. The van der Waals surface area contributed by atoms with Crippen LogP contribution in [0.5, 0.6) is 0 Å². The van der Waals surface area contributed by atoms with Crippen LogP contribution in [-0.4, -0.2) is 23.1 Å². The van der Waals surface area contributed by atoms with Crippen LogP contribution in [0, 0.1) is 0 Å². The predicted molar refractivity (Wildman–Crippen MR) is 88.8 cm³/mol. The number of nitrogens with zero attached hydrogens (tertiary/aromatic N) is 3. The van der Waals surface area contributed by atoms with E-state index in [4.69, 9.17) is 0 Å². The molecule has 0 spiro atoms. The van der Waals surface area contributed by atoms with Crippen LogP contribution in [0.2, 0.25) is 0 Å². The molecule has 1 unspecified atom stereocenters. The molecule has 2 aliphatic rings. The van der Waals surface area contributed by atoms with Gasteiger partial charge in [0.2, 0.25) is 5.96 Å². The lowest BCUT2D eigenvalue weighted by Gasteiger charge is -2.34. The number of fused-ring (bicyclic) bond motifs is 1. The Morgan fingerprint density at radius 1 is 1.30 bits per heavy atom. The summed E-state index contributed by atoms with van der Waals surface area (Å²) in [7, 11) is 0. The summed E-state index contributed by atoms with van der Waals surface area (Å²) in [6.07, 6.45) is 5.12. The van der Waals surface area contributed by atoms with Crippen LogP contribution >= 0.6 is 12.6 Å². The van der Waals surface area contributed by atoms with Gasteiger partial charge in [-0.25, -0.2) is 4.99 Å². The first-order valence-corrected chi connectivity index (χ1v) is 7.54. The summed E-state index contributed by atoms with van der Waals surface area (Å²) in [4.78, 5) is 12.1. The van der Waals surface area contributed by atoms with Crippen molar-refractivity contribution in [3.8, 4) is 0 Å². The van der Waals surface area contributed by atoms with Gasteiger partial charge in [-0.3, -0.25) is 4.99 Å². The highest BCUT2D eigenvalue weighted by atomic mass is 32.1. The second kappa shape index (κ2) is 6.75. The summed E-state index contributed by atoms with van der Waals surface area (Å²) >= 11 is 4.41. The molecule has 1 atom stereocenters. The Hall–Kier alpha value is -1.55. The van der Waals surface area contributed by atoms with E-state index in [1.165, 1.54) is 5.56 Å². The smallest absolute Gasteiger partial charge is 0.225 e. The van der Waals surface area contributed by atoms with E-state index in [0.29, 0.717) is 6.04 Å². The number of thiol groups is 1. The fourth-order valence-corrected chi connectivity index (χ4v) is 2.59. The monoisotopic (exact) mass is 287 g/mol. The van der Waals surface area contributed by atoms with Crippen molar-refractivity contribution in [3.63, 3.8) is 0 Å². The molecule has 1 aromatic rings. The summed E-state index contributed by atoms with van der Waals surface area (Å²) in [6.45, 7) is 6.83. The summed E-state index contributed by atoms with van der Waals surface area (Å²) in [5.74, 6) is 0.829. The Morgan fingerprint density at radius 2 is 2.10 bits per heavy atom. The molecule has 3 rings (SSSR count). The van der Waals surface area contributed by atoms with Crippen LogP contribution in [0.3, 0.4) is 0 Å². The van der Waals surface area contributed by atoms with Gasteiger partial charge in [-0.2, -0.15) is 0 Å². The molecule has 3 nitrogen and oxygen atoms in total. The Labute approximate surface area is 126 Å². The van der Waals surface area contributed by atoms with Crippen LogP contribution in [-0.2, 0) is 0 Å². The lowest BCUT2D eigenvalue weighted by Crippen LogP contribution is -2.35. The minimum absolute atomic E-state index is 0.317. The molecule has 106 valence electrons. The first-order valence-electron chi connectivity index (χ1n) is 7.09. The molecule has 0 radical (unpaired) electrons. The van der Waals surface area contributed by atoms with Crippen LogP contribution in [0.4, 0.5) is 0 Å². The topological polar surface area (TPSA) is 28.0 Å². The molecule has 2 heterocycles. The van der Waals surface area contributed by atoms with Gasteiger partial charge in [0.1, 0.15) is 0 Å². The molecule has 0 saturated heterocycles.